The van der Waals surface area contributed by atoms with Gasteiger partial charge in [0.1, 0.15) is 5.15 Å². The van der Waals surface area contributed by atoms with E-state index in [1.807, 2.05) is 0 Å². The number of aromatic nitrogens is 1. The number of carbonyl (C=O) groups is 1. The second kappa shape index (κ2) is 5.11. The zero-order valence-electron chi connectivity index (χ0n) is 10.00. The Labute approximate surface area is 116 Å². The van der Waals surface area contributed by atoms with Gasteiger partial charge >= 0.3 is 0 Å². The smallest absolute Gasteiger partial charge is 0.175 e. The summed E-state index contributed by atoms with van der Waals surface area (Å²) in [4.78, 5) is 15.1. The van der Waals surface area contributed by atoms with Crippen molar-refractivity contribution in [3.8, 4) is 11.1 Å². The molecule has 0 atom stereocenters. The minimum Gasteiger partial charge on any atom is -0.298 e. The number of hydrogen-bond acceptors (Lipinski definition) is 4. The predicted molar refractivity (Wildman–Crippen MR) is 73.2 cm³/mol. The van der Waals surface area contributed by atoms with E-state index in [4.69, 9.17) is 11.6 Å². The van der Waals surface area contributed by atoms with E-state index in [0.29, 0.717) is 17.4 Å². The topological polar surface area (TPSA) is 64.1 Å². The Morgan fingerprint density at radius 1 is 1.16 bits per heavy atom. The molecule has 19 heavy (non-hydrogen) atoms. The average molecular weight is 296 g/mol. The molecule has 0 spiro atoms. The number of halogens is 1. The lowest BCUT2D eigenvalue weighted by molar-refractivity contribution is 0.112. The van der Waals surface area contributed by atoms with Gasteiger partial charge in [0.05, 0.1) is 10.5 Å². The van der Waals surface area contributed by atoms with Crippen LogP contribution in [0, 0.1) is 0 Å². The highest BCUT2D eigenvalue weighted by Gasteiger charge is 2.11. The lowest BCUT2D eigenvalue weighted by Gasteiger charge is -2.06. The number of nitrogens with zero attached hydrogens (tertiary/aromatic N) is 1. The number of pyridine rings is 1. The quantitative estimate of drug-likeness (QED) is 0.645. The first-order chi connectivity index (χ1) is 8.93. The van der Waals surface area contributed by atoms with Gasteiger partial charge in [-0.15, -0.1) is 0 Å². The highest BCUT2D eigenvalue weighted by atomic mass is 35.5. The first kappa shape index (κ1) is 13.7. The third kappa shape index (κ3) is 2.83. The third-order valence-corrected chi connectivity index (χ3v) is 4.08. The lowest BCUT2D eigenvalue weighted by atomic mass is 10.0. The summed E-state index contributed by atoms with van der Waals surface area (Å²) in [6.45, 7) is 0. The highest BCUT2D eigenvalue weighted by molar-refractivity contribution is 7.90. The van der Waals surface area contributed by atoms with Crippen LogP contribution in [0.25, 0.3) is 11.1 Å². The molecule has 1 aromatic carbocycles. The molecule has 0 aliphatic rings. The highest BCUT2D eigenvalue weighted by Crippen LogP contribution is 2.27. The van der Waals surface area contributed by atoms with Crippen LogP contribution < -0.4 is 0 Å². The molecule has 0 unspecified atom stereocenters. The molecule has 1 heterocycles. The SMILES string of the molecule is CS(=O)(=O)c1ccc(-c2ccnc(Cl)c2C=O)cc1. The maximum atomic E-state index is 11.4. The van der Waals surface area contributed by atoms with E-state index in [1.54, 1.807) is 18.2 Å². The van der Waals surface area contributed by atoms with Crippen molar-refractivity contribution in [2.75, 3.05) is 6.26 Å². The molecular weight excluding hydrogens is 286 g/mol. The summed E-state index contributed by atoms with van der Waals surface area (Å²) in [6, 6.07) is 7.91. The van der Waals surface area contributed by atoms with Crippen LogP contribution in [0.4, 0.5) is 0 Å². The largest absolute Gasteiger partial charge is 0.298 e. The van der Waals surface area contributed by atoms with Gasteiger partial charge in [-0.3, -0.25) is 4.79 Å². The summed E-state index contributed by atoms with van der Waals surface area (Å²) in [6.07, 6.45) is 3.27. The Hall–Kier alpha value is -1.72. The van der Waals surface area contributed by atoms with Gasteiger partial charge in [-0.2, -0.15) is 0 Å². The number of hydrogen-bond donors (Lipinski definition) is 0. The maximum absolute atomic E-state index is 11.4. The van der Waals surface area contributed by atoms with Crippen molar-refractivity contribution >= 4 is 27.7 Å². The molecule has 6 heteroatoms. The summed E-state index contributed by atoms with van der Waals surface area (Å²) in [5, 5.41) is 0.125. The van der Waals surface area contributed by atoms with Crippen LogP contribution in [-0.4, -0.2) is 25.9 Å². The van der Waals surface area contributed by atoms with E-state index in [0.717, 1.165) is 6.26 Å². The number of carbonyl (C=O) groups excluding carboxylic acids is 1. The van der Waals surface area contributed by atoms with Crippen molar-refractivity contribution in [1.29, 1.82) is 0 Å². The normalized spacial score (nSPS) is 11.3. The first-order valence-electron chi connectivity index (χ1n) is 5.33. The van der Waals surface area contributed by atoms with E-state index < -0.39 is 9.84 Å². The van der Waals surface area contributed by atoms with E-state index in [9.17, 15) is 13.2 Å². The molecule has 0 aliphatic heterocycles. The molecule has 0 bridgehead atoms. The van der Waals surface area contributed by atoms with Gasteiger partial charge in [0.15, 0.2) is 16.1 Å². The van der Waals surface area contributed by atoms with E-state index in [-0.39, 0.29) is 15.6 Å². The zero-order valence-corrected chi connectivity index (χ0v) is 11.6. The number of aldehydes is 1. The van der Waals surface area contributed by atoms with Crippen molar-refractivity contribution in [2.24, 2.45) is 0 Å². The maximum Gasteiger partial charge on any atom is 0.175 e. The van der Waals surface area contributed by atoms with Crippen molar-refractivity contribution in [2.45, 2.75) is 4.90 Å². The van der Waals surface area contributed by atoms with Gasteiger partial charge in [0.25, 0.3) is 0 Å². The molecule has 0 amide bonds. The molecule has 0 saturated carbocycles. The molecule has 0 radical (unpaired) electrons. The Balaban J connectivity index is 2.55. The van der Waals surface area contributed by atoms with Crippen molar-refractivity contribution in [3.63, 3.8) is 0 Å². The van der Waals surface area contributed by atoms with Crippen LogP contribution in [0.3, 0.4) is 0 Å². The van der Waals surface area contributed by atoms with E-state index in [1.165, 1.54) is 18.3 Å². The minimum absolute atomic E-state index is 0.125. The molecular formula is C13H10ClNO3S. The van der Waals surface area contributed by atoms with E-state index >= 15 is 0 Å². The van der Waals surface area contributed by atoms with Crippen LogP contribution in [-0.2, 0) is 9.84 Å². The summed E-state index contributed by atoms with van der Waals surface area (Å²) in [5.74, 6) is 0. The number of sulfone groups is 1. The van der Waals surface area contributed by atoms with Gasteiger partial charge in [-0.25, -0.2) is 13.4 Å². The summed E-state index contributed by atoms with van der Waals surface area (Å²) < 4.78 is 22.7. The van der Waals surface area contributed by atoms with Gasteiger partial charge in [-0.05, 0) is 29.3 Å². The standard InChI is InChI=1S/C13H10ClNO3S/c1-19(17,18)10-4-2-9(3-5-10)11-6-7-15-13(14)12(11)8-16/h2-8H,1H3. The molecule has 0 fully saturated rings. The van der Waals surface area contributed by atoms with Crippen molar-refractivity contribution < 1.29 is 13.2 Å². The van der Waals surface area contributed by atoms with E-state index in [2.05, 4.69) is 4.98 Å². The molecule has 0 N–H and O–H groups in total. The molecule has 4 nitrogen and oxygen atoms in total. The fourth-order valence-electron chi connectivity index (χ4n) is 1.69. The Morgan fingerprint density at radius 2 is 1.79 bits per heavy atom. The Bertz CT molecular complexity index is 724. The molecule has 1 aromatic heterocycles. The monoisotopic (exact) mass is 295 g/mol. The molecule has 0 saturated heterocycles. The number of rotatable bonds is 3. The Morgan fingerprint density at radius 3 is 2.32 bits per heavy atom. The number of benzene rings is 1. The van der Waals surface area contributed by atoms with Crippen LogP contribution >= 0.6 is 11.6 Å². The lowest BCUT2D eigenvalue weighted by Crippen LogP contribution is -1.97. The summed E-state index contributed by atoms with van der Waals surface area (Å²) in [7, 11) is -3.23. The van der Waals surface area contributed by atoms with Gasteiger partial charge < -0.3 is 0 Å². The fraction of sp³-hybridized carbons (Fsp3) is 0.0769. The van der Waals surface area contributed by atoms with Crippen LogP contribution in [0.5, 0.6) is 0 Å². The second-order valence-electron chi connectivity index (χ2n) is 3.98. The fourth-order valence-corrected chi connectivity index (χ4v) is 2.53. The van der Waals surface area contributed by atoms with Crippen LogP contribution in [0.15, 0.2) is 41.4 Å². The molecule has 2 rings (SSSR count). The minimum atomic E-state index is -3.23. The summed E-state index contributed by atoms with van der Waals surface area (Å²) in [5.41, 5.74) is 1.62. The van der Waals surface area contributed by atoms with Crippen molar-refractivity contribution in [1.82, 2.24) is 4.98 Å². The van der Waals surface area contributed by atoms with Gasteiger partial charge in [0.2, 0.25) is 0 Å². The third-order valence-electron chi connectivity index (χ3n) is 2.65. The second-order valence-corrected chi connectivity index (χ2v) is 6.35. The van der Waals surface area contributed by atoms with Gasteiger partial charge in [-0.1, -0.05) is 23.7 Å². The Kier molecular flexibility index (Phi) is 3.68. The molecule has 98 valence electrons. The predicted octanol–water partition coefficient (Wildman–Crippen LogP) is 2.62. The summed E-state index contributed by atoms with van der Waals surface area (Å²) >= 11 is 5.85. The first-order valence-corrected chi connectivity index (χ1v) is 7.60. The average Bonchev–Trinajstić information content (AvgIpc) is 2.37. The van der Waals surface area contributed by atoms with Gasteiger partial charge in [0, 0.05) is 12.5 Å². The van der Waals surface area contributed by atoms with Crippen LogP contribution in [0.2, 0.25) is 5.15 Å². The molecule has 0 aliphatic carbocycles. The molecule has 2 aromatic rings. The van der Waals surface area contributed by atoms with Crippen LogP contribution in [0.1, 0.15) is 10.4 Å². The van der Waals surface area contributed by atoms with Crippen molar-refractivity contribution in [3.05, 3.63) is 47.2 Å². The zero-order chi connectivity index (χ0) is 14.0.